The van der Waals surface area contributed by atoms with Gasteiger partial charge in [0, 0.05) is 26.7 Å². The van der Waals surface area contributed by atoms with Crippen molar-refractivity contribution in [1.29, 1.82) is 0 Å². The average molecular weight is 521 g/mol. The first-order chi connectivity index (χ1) is 16.9. The van der Waals surface area contributed by atoms with Crippen LogP contribution in [0.3, 0.4) is 0 Å². The third kappa shape index (κ3) is 7.51. The van der Waals surface area contributed by atoms with Crippen molar-refractivity contribution in [2.24, 2.45) is 0 Å². The fourth-order valence-corrected chi connectivity index (χ4v) is 4.63. The third-order valence-electron chi connectivity index (χ3n) is 5.99. The molecule has 0 saturated heterocycles. The second-order valence-electron chi connectivity index (χ2n) is 9.02. The molecule has 0 aliphatic carbocycles. The van der Waals surface area contributed by atoms with Gasteiger partial charge in [0.25, 0.3) is 0 Å². The van der Waals surface area contributed by atoms with Gasteiger partial charge in [-0.2, -0.15) is 12.7 Å². The second kappa shape index (κ2) is 12.8. The van der Waals surface area contributed by atoms with Crippen LogP contribution in [0.15, 0.2) is 48.5 Å². The molecule has 0 unspecified atom stereocenters. The maximum atomic E-state index is 13.7. The number of rotatable bonds is 12. The van der Waals surface area contributed by atoms with E-state index >= 15 is 0 Å². The van der Waals surface area contributed by atoms with Gasteiger partial charge in [-0.15, -0.1) is 0 Å². The molecule has 0 aromatic heterocycles. The predicted octanol–water partition coefficient (Wildman–Crippen LogP) is 3.47. The van der Waals surface area contributed by atoms with E-state index in [2.05, 4.69) is 5.32 Å². The van der Waals surface area contributed by atoms with Crippen LogP contribution in [0.2, 0.25) is 0 Å². The van der Waals surface area contributed by atoms with Crippen molar-refractivity contribution >= 4 is 27.7 Å². The van der Waals surface area contributed by atoms with Gasteiger partial charge >= 0.3 is 10.2 Å². The SMILES string of the molecule is CC[C@H](C)NC(=O)[C@H](CC)N(Cc1ccc(C)cc1)C(=O)CN(c1ccc(F)cc1)S(=O)(=O)N(C)C. The predicted molar refractivity (Wildman–Crippen MR) is 140 cm³/mol. The number of hydrogen-bond donors (Lipinski definition) is 1. The van der Waals surface area contributed by atoms with Crippen LogP contribution >= 0.6 is 0 Å². The molecule has 2 aromatic rings. The Bertz CT molecular complexity index is 1120. The summed E-state index contributed by atoms with van der Waals surface area (Å²) >= 11 is 0. The van der Waals surface area contributed by atoms with Crippen LogP contribution in [0.1, 0.15) is 44.7 Å². The molecule has 2 amide bonds. The van der Waals surface area contributed by atoms with Gasteiger partial charge in [0.05, 0.1) is 5.69 Å². The lowest BCUT2D eigenvalue weighted by Crippen LogP contribution is -2.54. The number of benzene rings is 2. The van der Waals surface area contributed by atoms with Crippen LogP contribution in [0, 0.1) is 12.7 Å². The minimum atomic E-state index is -4.09. The molecule has 0 heterocycles. The minimum absolute atomic E-state index is 0.0762. The van der Waals surface area contributed by atoms with Gasteiger partial charge in [0.15, 0.2) is 0 Å². The number of hydrogen-bond acceptors (Lipinski definition) is 4. The quantitative estimate of drug-likeness (QED) is 0.464. The summed E-state index contributed by atoms with van der Waals surface area (Å²) in [5.74, 6) is -1.37. The second-order valence-corrected chi connectivity index (χ2v) is 11.1. The highest BCUT2D eigenvalue weighted by Crippen LogP contribution is 2.22. The summed E-state index contributed by atoms with van der Waals surface area (Å²) in [5.41, 5.74) is 2.01. The Kier molecular flexibility index (Phi) is 10.4. The summed E-state index contributed by atoms with van der Waals surface area (Å²) < 4.78 is 41.7. The van der Waals surface area contributed by atoms with E-state index in [1.54, 1.807) is 0 Å². The first-order valence-corrected chi connectivity index (χ1v) is 13.4. The standard InChI is InChI=1S/C26H37FN4O4S/c1-7-20(4)28-26(33)24(8-2)30(17-21-11-9-19(3)10-12-21)25(32)18-31(36(34,35)29(5)6)23-15-13-22(27)14-16-23/h9-16,20,24H,7-8,17-18H2,1-6H3,(H,28,33)/t20-,24-/m0/s1. The molecule has 0 saturated carbocycles. The zero-order valence-corrected chi connectivity index (χ0v) is 22.7. The van der Waals surface area contributed by atoms with E-state index in [1.165, 1.54) is 31.1 Å². The molecule has 198 valence electrons. The van der Waals surface area contributed by atoms with Crippen LogP contribution in [0.25, 0.3) is 0 Å². The van der Waals surface area contributed by atoms with Crippen molar-refractivity contribution in [2.75, 3.05) is 24.9 Å². The van der Waals surface area contributed by atoms with Crippen LogP contribution in [0.5, 0.6) is 0 Å². The van der Waals surface area contributed by atoms with Crippen molar-refractivity contribution in [3.63, 3.8) is 0 Å². The number of amides is 2. The molecule has 0 aliphatic heterocycles. The molecule has 1 N–H and O–H groups in total. The van der Waals surface area contributed by atoms with Crippen LogP contribution in [-0.4, -0.2) is 62.2 Å². The van der Waals surface area contributed by atoms with Crippen molar-refractivity contribution in [2.45, 2.75) is 59.2 Å². The minimum Gasteiger partial charge on any atom is -0.352 e. The first-order valence-electron chi connectivity index (χ1n) is 12.0. The molecule has 0 radical (unpaired) electrons. The topological polar surface area (TPSA) is 90.0 Å². The van der Waals surface area contributed by atoms with E-state index in [1.807, 2.05) is 52.0 Å². The number of halogens is 1. The Morgan fingerprint density at radius 3 is 2.06 bits per heavy atom. The number of carbonyl (C=O) groups excluding carboxylic acids is 2. The summed E-state index contributed by atoms with van der Waals surface area (Å²) in [6.07, 6.45) is 1.07. The van der Waals surface area contributed by atoms with E-state index in [0.717, 1.165) is 38.3 Å². The smallest absolute Gasteiger partial charge is 0.304 e. The Balaban J connectivity index is 2.48. The summed E-state index contributed by atoms with van der Waals surface area (Å²) in [7, 11) is -1.38. The molecule has 2 aromatic carbocycles. The van der Waals surface area contributed by atoms with Crippen LogP contribution in [0.4, 0.5) is 10.1 Å². The van der Waals surface area contributed by atoms with Gasteiger partial charge in [0.2, 0.25) is 11.8 Å². The van der Waals surface area contributed by atoms with Gasteiger partial charge in [-0.25, -0.2) is 8.70 Å². The van der Waals surface area contributed by atoms with E-state index in [-0.39, 0.29) is 24.2 Å². The van der Waals surface area contributed by atoms with Crippen molar-refractivity contribution in [3.05, 3.63) is 65.5 Å². The largest absolute Gasteiger partial charge is 0.352 e. The van der Waals surface area contributed by atoms with Gasteiger partial charge in [-0.3, -0.25) is 9.59 Å². The summed E-state index contributed by atoms with van der Waals surface area (Å²) in [4.78, 5) is 28.3. The van der Waals surface area contributed by atoms with Gasteiger partial charge < -0.3 is 10.2 Å². The van der Waals surface area contributed by atoms with Gasteiger partial charge in [-0.1, -0.05) is 43.7 Å². The number of nitrogens with one attached hydrogen (secondary N) is 1. The molecule has 0 bridgehead atoms. The fourth-order valence-electron chi connectivity index (χ4n) is 3.58. The molecule has 0 aliphatic rings. The summed E-state index contributed by atoms with van der Waals surface area (Å²) in [5, 5.41) is 2.94. The van der Waals surface area contributed by atoms with Crippen molar-refractivity contribution in [1.82, 2.24) is 14.5 Å². The van der Waals surface area contributed by atoms with E-state index in [0.29, 0.717) is 6.42 Å². The molecular weight excluding hydrogens is 483 g/mol. The lowest BCUT2D eigenvalue weighted by Gasteiger charge is -2.34. The summed E-state index contributed by atoms with van der Waals surface area (Å²) in [6, 6.07) is 11.6. The number of carbonyl (C=O) groups is 2. The summed E-state index contributed by atoms with van der Waals surface area (Å²) in [6.45, 7) is 7.18. The number of nitrogens with zero attached hydrogens (tertiary/aromatic N) is 3. The number of anilines is 1. The zero-order chi connectivity index (χ0) is 27.0. The Labute approximate surface area is 214 Å². The third-order valence-corrected chi connectivity index (χ3v) is 7.81. The highest BCUT2D eigenvalue weighted by molar-refractivity contribution is 7.90. The van der Waals surface area contributed by atoms with Crippen LogP contribution < -0.4 is 9.62 Å². The van der Waals surface area contributed by atoms with E-state index < -0.39 is 34.5 Å². The molecule has 2 rings (SSSR count). The Hall–Kier alpha value is -2.98. The van der Waals surface area contributed by atoms with Gasteiger partial charge in [-0.05, 0) is 56.5 Å². The van der Waals surface area contributed by atoms with Gasteiger partial charge in [0.1, 0.15) is 18.4 Å². The molecule has 2 atom stereocenters. The maximum absolute atomic E-state index is 13.7. The van der Waals surface area contributed by atoms with Crippen molar-refractivity contribution < 1.29 is 22.4 Å². The fraction of sp³-hybridized carbons (Fsp3) is 0.462. The maximum Gasteiger partial charge on any atom is 0.304 e. The Morgan fingerprint density at radius 1 is 0.972 bits per heavy atom. The molecule has 8 nitrogen and oxygen atoms in total. The highest BCUT2D eigenvalue weighted by Gasteiger charge is 2.34. The Morgan fingerprint density at radius 2 is 1.56 bits per heavy atom. The van der Waals surface area contributed by atoms with E-state index in [9.17, 15) is 22.4 Å². The normalized spacial score (nSPS) is 13.2. The van der Waals surface area contributed by atoms with Crippen molar-refractivity contribution in [3.8, 4) is 0 Å². The molecule has 36 heavy (non-hydrogen) atoms. The lowest BCUT2D eigenvalue weighted by atomic mass is 10.1. The number of aryl methyl sites for hydroxylation is 1. The molecular formula is C26H37FN4O4S. The lowest BCUT2D eigenvalue weighted by molar-refractivity contribution is -0.140. The zero-order valence-electron chi connectivity index (χ0n) is 21.9. The van der Waals surface area contributed by atoms with Crippen LogP contribution in [-0.2, 0) is 26.3 Å². The molecule has 0 fully saturated rings. The molecule has 0 spiro atoms. The monoisotopic (exact) mass is 520 g/mol. The average Bonchev–Trinajstić information content (AvgIpc) is 2.83. The molecule has 10 heteroatoms. The highest BCUT2D eigenvalue weighted by atomic mass is 32.2. The first kappa shape index (κ1) is 29.3. The van der Waals surface area contributed by atoms with E-state index in [4.69, 9.17) is 0 Å².